The molecule has 1 aliphatic rings. The highest BCUT2D eigenvalue weighted by molar-refractivity contribution is 5.74. The molecule has 4 nitrogen and oxygen atoms in total. The minimum atomic E-state index is -0.0505. The summed E-state index contributed by atoms with van der Waals surface area (Å²) >= 11 is 0. The number of carbonyl (C=O) groups is 1. The van der Waals surface area contributed by atoms with E-state index < -0.39 is 0 Å². The predicted octanol–water partition coefficient (Wildman–Crippen LogP) is 0.940. The molecule has 0 bridgehead atoms. The molecule has 1 fully saturated rings. The van der Waals surface area contributed by atoms with Gasteiger partial charge in [-0.3, -0.25) is 0 Å². The van der Waals surface area contributed by atoms with Crippen LogP contribution in [0.4, 0.5) is 4.79 Å². The lowest BCUT2D eigenvalue weighted by atomic mass is 9.88. The van der Waals surface area contributed by atoms with E-state index in [1.165, 1.54) is 0 Å². The van der Waals surface area contributed by atoms with Crippen molar-refractivity contribution >= 4 is 6.03 Å². The van der Waals surface area contributed by atoms with E-state index in [2.05, 4.69) is 43.6 Å². The number of urea groups is 1. The van der Waals surface area contributed by atoms with Crippen LogP contribution in [0.5, 0.6) is 0 Å². The smallest absolute Gasteiger partial charge is 0.315 e. The summed E-state index contributed by atoms with van der Waals surface area (Å²) in [6.45, 7) is 11.1. The molecular formula is C11H23N3O. The molecule has 1 heterocycles. The van der Waals surface area contributed by atoms with Crippen LogP contribution < -0.4 is 16.0 Å². The molecule has 3 N–H and O–H groups in total. The largest absolute Gasteiger partial charge is 0.338 e. The molecular weight excluding hydrogens is 190 g/mol. The van der Waals surface area contributed by atoms with Crippen molar-refractivity contribution in [2.75, 3.05) is 19.6 Å². The lowest BCUT2D eigenvalue weighted by Crippen LogP contribution is -2.49. The van der Waals surface area contributed by atoms with Crippen molar-refractivity contribution in [3.8, 4) is 0 Å². The highest BCUT2D eigenvalue weighted by atomic mass is 16.2. The quantitative estimate of drug-likeness (QED) is 0.653. The first-order chi connectivity index (χ1) is 6.92. The highest BCUT2D eigenvalue weighted by Gasteiger charge is 2.35. The molecule has 0 spiro atoms. The molecule has 1 rings (SSSR count). The van der Waals surface area contributed by atoms with E-state index in [1.807, 2.05) is 0 Å². The average Bonchev–Trinajstić information content (AvgIpc) is 2.43. The van der Waals surface area contributed by atoms with Gasteiger partial charge in [-0.05, 0) is 11.3 Å². The third-order valence-corrected chi connectivity index (χ3v) is 2.85. The lowest BCUT2D eigenvalue weighted by Gasteiger charge is -2.26. The van der Waals surface area contributed by atoms with Crippen molar-refractivity contribution in [1.82, 2.24) is 16.0 Å². The standard InChI is InChI=1S/C11H23N3O/c1-8(2)5-13-10(15)14-9-6-12-7-11(9,3)4/h8-9,12H,5-7H2,1-4H3,(H2,13,14,15). The van der Waals surface area contributed by atoms with Crippen LogP contribution in [-0.4, -0.2) is 31.7 Å². The Morgan fingerprint density at radius 3 is 2.67 bits per heavy atom. The summed E-state index contributed by atoms with van der Waals surface area (Å²) in [5.74, 6) is 0.491. The SMILES string of the molecule is CC(C)CNC(=O)NC1CNCC1(C)C. The van der Waals surface area contributed by atoms with E-state index in [1.54, 1.807) is 0 Å². The zero-order chi connectivity index (χ0) is 11.5. The number of carbonyl (C=O) groups excluding carboxylic acids is 1. The van der Waals surface area contributed by atoms with Crippen molar-refractivity contribution in [2.24, 2.45) is 11.3 Å². The summed E-state index contributed by atoms with van der Waals surface area (Å²) in [4.78, 5) is 11.5. The molecule has 0 aromatic heterocycles. The summed E-state index contributed by atoms with van der Waals surface area (Å²) < 4.78 is 0. The van der Waals surface area contributed by atoms with Crippen LogP contribution in [0, 0.1) is 11.3 Å². The van der Waals surface area contributed by atoms with Crippen molar-refractivity contribution in [2.45, 2.75) is 33.7 Å². The average molecular weight is 213 g/mol. The van der Waals surface area contributed by atoms with Gasteiger partial charge in [0.05, 0.1) is 0 Å². The molecule has 0 aromatic carbocycles. The second-order valence-corrected chi connectivity index (χ2v) is 5.42. The van der Waals surface area contributed by atoms with Gasteiger partial charge in [0.2, 0.25) is 0 Å². The van der Waals surface area contributed by atoms with Gasteiger partial charge in [-0.25, -0.2) is 4.79 Å². The maximum absolute atomic E-state index is 11.5. The first-order valence-corrected chi connectivity index (χ1v) is 5.67. The van der Waals surface area contributed by atoms with Crippen LogP contribution in [0.3, 0.4) is 0 Å². The van der Waals surface area contributed by atoms with Crippen LogP contribution in [-0.2, 0) is 0 Å². The molecule has 1 aliphatic heterocycles. The number of hydrogen-bond acceptors (Lipinski definition) is 2. The van der Waals surface area contributed by atoms with Crippen LogP contribution in [0.25, 0.3) is 0 Å². The minimum Gasteiger partial charge on any atom is -0.338 e. The first kappa shape index (κ1) is 12.3. The van der Waals surface area contributed by atoms with Crippen LogP contribution in [0.1, 0.15) is 27.7 Å². The second kappa shape index (κ2) is 4.84. The Hall–Kier alpha value is -0.770. The number of amides is 2. The van der Waals surface area contributed by atoms with E-state index >= 15 is 0 Å². The zero-order valence-electron chi connectivity index (χ0n) is 10.2. The Morgan fingerprint density at radius 2 is 2.20 bits per heavy atom. The summed E-state index contributed by atoms with van der Waals surface area (Å²) in [6, 6.07) is 0.176. The van der Waals surface area contributed by atoms with E-state index in [-0.39, 0.29) is 17.5 Å². The number of hydrogen-bond donors (Lipinski definition) is 3. The van der Waals surface area contributed by atoms with E-state index in [0.29, 0.717) is 5.92 Å². The molecule has 0 aliphatic carbocycles. The molecule has 0 aromatic rings. The Balaban J connectivity index is 2.32. The molecule has 0 radical (unpaired) electrons. The third-order valence-electron chi connectivity index (χ3n) is 2.85. The molecule has 1 unspecified atom stereocenters. The Morgan fingerprint density at radius 1 is 1.53 bits per heavy atom. The van der Waals surface area contributed by atoms with Crippen molar-refractivity contribution in [1.29, 1.82) is 0 Å². The summed E-state index contributed by atoms with van der Waals surface area (Å²) in [5.41, 5.74) is 0.148. The van der Waals surface area contributed by atoms with Crippen LogP contribution in [0.2, 0.25) is 0 Å². The van der Waals surface area contributed by atoms with Crippen molar-refractivity contribution in [3.05, 3.63) is 0 Å². The topological polar surface area (TPSA) is 53.2 Å². The molecule has 1 atom stereocenters. The third kappa shape index (κ3) is 3.70. The van der Waals surface area contributed by atoms with Crippen molar-refractivity contribution < 1.29 is 4.79 Å². The van der Waals surface area contributed by atoms with Crippen LogP contribution in [0.15, 0.2) is 0 Å². The lowest BCUT2D eigenvalue weighted by molar-refractivity contribution is 0.225. The fourth-order valence-corrected chi connectivity index (χ4v) is 1.69. The van der Waals surface area contributed by atoms with Gasteiger partial charge < -0.3 is 16.0 Å². The molecule has 15 heavy (non-hydrogen) atoms. The Labute approximate surface area is 92.2 Å². The van der Waals surface area contributed by atoms with E-state index in [4.69, 9.17) is 0 Å². The zero-order valence-corrected chi connectivity index (χ0v) is 10.2. The molecule has 4 heteroatoms. The van der Waals surface area contributed by atoms with E-state index in [9.17, 15) is 4.79 Å². The first-order valence-electron chi connectivity index (χ1n) is 5.67. The van der Waals surface area contributed by atoms with Gasteiger partial charge in [-0.1, -0.05) is 27.7 Å². The molecule has 2 amide bonds. The molecule has 0 saturated carbocycles. The fourth-order valence-electron chi connectivity index (χ4n) is 1.69. The Kier molecular flexibility index (Phi) is 3.97. The van der Waals surface area contributed by atoms with Gasteiger partial charge >= 0.3 is 6.03 Å². The van der Waals surface area contributed by atoms with Crippen molar-refractivity contribution in [3.63, 3.8) is 0 Å². The summed E-state index contributed by atoms with van der Waals surface area (Å²) in [5, 5.41) is 9.17. The van der Waals surface area contributed by atoms with Gasteiger partial charge in [-0.2, -0.15) is 0 Å². The summed E-state index contributed by atoms with van der Waals surface area (Å²) in [7, 11) is 0. The van der Waals surface area contributed by atoms with Gasteiger partial charge in [0, 0.05) is 25.7 Å². The molecule has 88 valence electrons. The molecule has 1 saturated heterocycles. The minimum absolute atomic E-state index is 0.0505. The van der Waals surface area contributed by atoms with Gasteiger partial charge in [0.1, 0.15) is 0 Å². The highest BCUT2D eigenvalue weighted by Crippen LogP contribution is 2.23. The maximum Gasteiger partial charge on any atom is 0.315 e. The Bertz CT molecular complexity index is 226. The fraction of sp³-hybridized carbons (Fsp3) is 0.909. The second-order valence-electron chi connectivity index (χ2n) is 5.42. The summed E-state index contributed by atoms with van der Waals surface area (Å²) in [6.07, 6.45) is 0. The van der Waals surface area contributed by atoms with Crippen LogP contribution >= 0.6 is 0 Å². The predicted molar refractivity (Wildman–Crippen MR) is 61.8 cm³/mol. The maximum atomic E-state index is 11.5. The number of nitrogens with one attached hydrogen (secondary N) is 3. The van der Waals surface area contributed by atoms with E-state index in [0.717, 1.165) is 19.6 Å². The number of rotatable bonds is 3. The normalized spacial score (nSPS) is 24.2. The monoisotopic (exact) mass is 213 g/mol. The van der Waals surface area contributed by atoms with Gasteiger partial charge in [0.25, 0.3) is 0 Å². The van der Waals surface area contributed by atoms with Gasteiger partial charge in [0.15, 0.2) is 0 Å². The van der Waals surface area contributed by atoms with Gasteiger partial charge in [-0.15, -0.1) is 0 Å².